The van der Waals surface area contributed by atoms with Crippen LogP contribution in [0.25, 0.3) is 22.5 Å². The molecule has 2 aromatic carbocycles. The molecule has 3 aromatic rings. The molecule has 3 rings (SSSR count). The zero-order valence-corrected chi connectivity index (χ0v) is 12.4. The maximum atomic E-state index is 10.8. The lowest BCUT2D eigenvalue weighted by molar-refractivity contribution is -0.384. The summed E-state index contributed by atoms with van der Waals surface area (Å²) in [7, 11) is 1.97. The van der Waals surface area contributed by atoms with Crippen molar-refractivity contribution in [3.8, 4) is 22.5 Å². The van der Waals surface area contributed by atoms with E-state index in [1.807, 2.05) is 48.9 Å². The van der Waals surface area contributed by atoms with Crippen molar-refractivity contribution < 1.29 is 4.92 Å². The standard InChI is InChI=1S/C17H15N3O2/c1-12-18-16(13-8-10-15(11-9-13)20(21)22)17(19(12)2)14-6-4-3-5-7-14/h3-11H,1-2H3. The van der Waals surface area contributed by atoms with E-state index in [0.29, 0.717) is 0 Å². The van der Waals surface area contributed by atoms with E-state index in [-0.39, 0.29) is 5.69 Å². The summed E-state index contributed by atoms with van der Waals surface area (Å²) >= 11 is 0. The van der Waals surface area contributed by atoms with E-state index in [1.54, 1.807) is 12.1 Å². The van der Waals surface area contributed by atoms with Crippen LogP contribution in [0.4, 0.5) is 5.69 Å². The summed E-state index contributed by atoms with van der Waals surface area (Å²) in [6, 6.07) is 16.5. The molecule has 0 aliphatic rings. The predicted molar refractivity (Wildman–Crippen MR) is 85.5 cm³/mol. The normalized spacial score (nSPS) is 10.6. The van der Waals surface area contributed by atoms with Gasteiger partial charge in [-0.3, -0.25) is 10.1 Å². The molecule has 0 radical (unpaired) electrons. The van der Waals surface area contributed by atoms with Crippen LogP contribution in [0.3, 0.4) is 0 Å². The summed E-state index contributed by atoms with van der Waals surface area (Å²) in [6.45, 7) is 1.95. The van der Waals surface area contributed by atoms with Gasteiger partial charge in [-0.1, -0.05) is 30.3 Å². The number of benzene rings is 2. The number of non-ortho nitro benzene ring substituents is 1. The molecule has 5 nitrogen and oxygen atoms in total. The molecule has 0 saturated heterocycles. The second-order valence-electron chi connectivity index (χ2n) is 5.09. The van der Waals surface area contributed by atoms with Gasteiger partial charge in [0.1, 0.15) is 5.82 Å². The molecule has 22 heavy (non-hydrogen) atoms. The fourth-order valence-electron chi connectivity index (χ4n) is 2.48. The van der Waals surface area contributed by atoms with Gasteiger partial charge in [-0.15, -0.1) is 0 Å². The minimum Gasteiger partial charge on any atom is -0.331 e. The summed E-state index contributed by atoms with van der Waals surface area (Å²) in [5, 5.41) is 10.8. The number of rotatable bonds is 3. The Morgan fingerprint density at radius 1 is 1.00 bits per heavy atom. The molecule has 1 heterocycles. The quantitative estimate of drug-likeness (QED) is 0.542. The highest BCUT2D eigenvalue weighted by Gasteiger charge is 2.16. The highest BCUT2D eigenvalue weighted by molar-refractivity contribution is 5.79. The van der Waals surface area contributed by atoms with Crippen molar-refractivity contribution >= 4 is 5.69 Å². The molecule has 0 fully saturated rings. The van der Waals surface area contributed by atoms with E-state index in [2.05, 4.69) is 4.98 Å². The van der Waals surface area contributed by atoms with Crippen molar-refractivity contribution in [2.45, 2.75) is 6.92 Å². The van der Waals surface area contributed by atoms with Gasteiger partial charge in [-0.25, -0.2) is 4.98 Å². The minimum absolute atomic E-state index is 0.0812. The second-order valence-corrected chi connectivity index (χ2v) is 5.09. The zero-order valence-electron chi connectivity index (χ0n) is 12.4. The van der Waals surface area contributed by atoms with Crippen molar-refractivity contribution in [2.24, 2.45) is 7.05 Å². The van der Waals surface area contributed by atoms with Crippen LogP contribution in [-0.4, -0.2) is 14.5 Å². The summed E-state index contributed by atoms with van der Waals surface area (Å²) in [5.41, 5.74) is 3.86. The molecule has 1 aromatic heterocycles. The van der Waals surface area contributed by atoms with Crippen molar-refractivity contribution in [1.82, 2.24) is 9.55 Å². The minimum atomic E-state index is -0.397. The lowest BCUT2D eigenvalue weighted by Crippen LogP contribution is -1.94. The Labute approximate surface area is 128 Å². The molecular formula is C17H15N3O2. The molecule has 0 aliphatic heterocycles. The first-order valence-electron chi connectivity index (χ1n) is 6.91. The number of aryl methyl sites for hydroxylation is 1. The Morgan fingerprint density at radius 3 is 2.23 bits per heavy atom. The molecule has 0 N–H and O–H groups in total. The van der Waals surface area contributed by atoms with Crippen molar-refractivity contribution in [1.29, 1.82) is 0 Å². The third kappa shape index (κ3) is 2.37. The Bertz CT molecular complexity index is 821. The molecule has 0 bridgehead atoms. The number of nitrogens with zero attached hydrogens (tertiary/aromatic N) is 3. The SMILES string of the molecule is Cc1nc(-c2ccc([N+](=O)[O-])cc2)c(-c2ccccc2)n1C. The van der Waals surface area contributed by atoms with E-state index < -0.39 is 4.92 Å². The third-order valence-corrected chi connectivity index (χ3v) is 3.72. The van der Waals surface area contributed by atoms with Gasteiger partial charge in [0.15, 0.2) is 0 Å². The van der Waals surface area contributed by atoms with Crippen LogP contribution in [0.2, 0.25) is 0 Å². The lowest BCUT2D eigenvalue weighted by Gasteiger charge is -2.07. The van der Waals surface area contributed by atoms with Crippen LogP contribution in [-0.2, 0) is 7.05 Å². The number of nitro benzene ring substituents is 1. The van der Waals surface area contributed by atoms with Gasteiger partial charge in [0.05, 0.1) is 16.3 Å². The highest BCUT2D eigenvalue weighted by atomic mass is 16.6. The molecule has 0 spiro atoms. The molecule has 0 unspecified atom stereocenters. The fraction of sp³-hybridized carbons (Fsp3) is 0.118. The summed E-state index contributed by atoms with van der Waals surface area (Å²) in [6.07, 6.45) is 0. The van der Waals surface area contributed by atoms with Gasteiger partial charge in [-0.05, 0) is 19.1 Å². The van der Waals surface area contributed by atoms with Crippen LogP contribution >= 0.6 is 0 Å². The second kappa shape index (κ2) is 5.44. The van der Waals surface area contributed by atoms with Gasteiger partial charge < -0.3 is 4.57 Å². The van der Waals surface area contributed by atoms with Gasteiger partial charge in [0.2, 0.25) is 0 Å². The summed E-state index contributed by atoms with van der Waals surface area (Å²) in [5.74, 6) is 0.896. The first-order valence-corrected chi connectivity index (χ1v) is 6.91. The maximum Gasteiger partial charge on any atom is 0.269 e. The van der Waals surface area contributed by atoms with Crippen LogP contribution < -0.4 is 0 Å². The molecule has 5 heteroatoms. The Balaban J connectivity index is 2.15. The fourth-order valence-corrected chi connectivity index (χ4v) is 2.48. The Hall–Kier alpha value is -2.95. The zero-order chi connectivity index (χ0) is 15.7. The summed E-state index contributed by atoms with van der Waals surface area (Å²) in [4.78, 5) is 15.0. The van der Waals surface area contributed by atoms with Crippen molar-refractivity contribution in [3.63, 3.8) is 0 Å². The molecule has 110 valence electrons. The first-order chi connectivity index (χ1) is 10.6. The molecule has 0 amide bonds. The molecule has 0 atom stereocenters. The number of nitro groups is 1. The van der Waals surface area contributed by atoms with E-state index >= 15 is 0 Å². The number of hydrogen-bond donors (Lipinski definition) is 0. The Kier molecular flexibility index (Phi) is 3.47. The van der Waals surface area contributed by atoms with E-state index in [9.17, 15) is 10.1 Å². The average Bonchev–Trinajstić information content (AvgIpc) is 2.84. The van der Waals surface area contributed by atoms with Crippen molar-refractivity contribution in [2.75, 3.05) is 0 Å². The van der Waals surface area contributed by atoms with Crippen LogP contribution in [0.5, 0.6) is 0 Å². The molecule has 0 aliphatic carbocycles. The largest absolute Gasteiger partial charge is 0.331 e. The topological polar surface area (TPSA) is 61.0 Å². The van der Waals surface area contributed by atoms with E-state index in [0.717, 1.165) is 28.3 Å². The number of imidazole rings is 1. The Morgan fingerprint density at radius 2 is 1.64 bits per heavy atom. The number of hydrogen-bond acceptors (Lipinski definition) is 3. The highest BCUT2D eigenvalue weighted by Crippen LogP contribution is 2.32. The van der Waals surface area contributed by atoms with Crippen LogP contribution in [0.1, 0.15) is 5.82 Å². The average molecular weight is 293 g/mol. The maximum absolute atomic E-state index is 10.8. The predicted octanol–water partition coefficient (Wildman–Crippen LogP) is 3.97. The molecule has 0 saturated carbocycles. The van der Waals surface area contributed by atoms with Gasteiger partial charge in [-0.2, -0.15) is 0 Å². The van der Waals surface area contributed by atoms with Crippen LogP contribution in [0, 0.1) is 17.0 Å². The van der Waals surface area contributed by atoms with Gasteiger partial charge in [0.25, 0.3) is 5.69 Å². The summed E-state index contributed by atoms with van der Waals surface area (Å²) < 4.78 is 2.03. The van der Waals surface area contributed by atoms with Gasteiger partial charge in [0, 0.05) is 30.3 Å². The van der Waals surface area contributed by atoms with Crippen LogP contribution in [0.15, 0.2) is 54.6 Å². The first kappa shape index (κ1) is 14.0. The third-order valence-electron chi connectivity index (χ3n) is 3.72. The van der Waals surface area contributed by atoms with Crippen molar-refractivity contribution in [3.05, 3.63) is 70.5 Å². The monoisotopic (exact) mass is 293 g/mol. The smallest absolute Gasteiger partial charge is 0.269 e. The molecular weight excluding hydrogens is 278 g/mol. The van der Waals surface area contributed by atoms with Gasteiger partial charge >= 0.3 is 0 Å². The number of aromatic nitrogens is 2. The van der Waals surface area contributed by atoms with E-state index in [1.165, 1.54) is 12.1 Å². The lowest BCUT2D eigenvalue weighted by atomic mass is 10.0. The van der Waals surface area contributed by atoms with E-state index in [4.69, 9.17) is 0 Å².